The Bertz CT molecular complexity index is 1050. The molecule has 6 atom stereocenters. The van der Waals surface area contributed by atoms with E-state index in [1.807, 2.05) is 13.0 Å². The second-order valence-electron chi connectivity index (χ2n) is 10.2. The quantitative estimate of drug-likeness (QED) is 0.553. The van der Waals surface area contributed by atoms with Crippen LogP contribution in [0.1, 0.15) is 46.0 Å². The average molecular weight is 453 g/mol. The molecular weight excluding hydrogens is 424 g/mol. The van der Waals surface area contributed by atoms with E-state index in [1.54, 1.807) is 30.6 Å². The second-order valence-corrected chi connectivity index (χ2v) is 11.1. The van der Waals surface area contributed by atoms with Gasteiger partial charge in [-0.2, -0.15) is 0 Å². The first-order valence-corrected chi connectivity index (χ1v) is 12.3. The molecule has 1 aromatic heterocycles. The molecule has 0 radical (unpaired) electrons. The van der Waals surface area contributed by atoms with Crippen LogP contribution in [0.5, 0.6) is 0 Å². The fourth-order valence-corrected chi connectivity index (χ4v) is 7.87. The summed E-state index contributed by atoms with van der Waals surface area (Å²) in [6, 6.07) is 1.72. The summed E-state index contributed by atoms with van der Waals surface area (Å²) in [4.78, 5) is 47.1. The van der Waals surface area contributed by atoms with Gasteiger partial charge in [-0.1, -0.05) is 37.3 Å². The molecule has 1 aromatic rings. The zero-order valence-corrected chi connectivity index (χ0v) is 19.2. The summed E-state index contributed by atoms with van der Waals surface area (Å²) in [5.74, 6) is -0.0560. The zero-order valence-electron chi connectivity index (χ0n) is 18.4. The Morgan fingerprint density at radius 3 is 2.72 bits per heavy atom. The number of nitrogens with zero attached hydrogens (tertiary/aromatic N) is 2. The Balaban J connectivity index is 1.42. The van der Waals surface area contributed by atoms with Crippen molar-refractivity contribution in [3.8, 4) is 0 Å². The van der Waals surface area contributed by atoms with E-state index in [-0.39, 0.29) is 47.3 Å². The molecule has 1 N–H and O–H groups in total. The molecule has 32 heavy (non-hydrogen) atoms. The Labute approximate surface area is 192 Å². The zero-order chi connectivity index (χ0) is 22.7. The highest BCUT2D eigenvalue weighted by Crippen LogP contribution is 2.66. The predicted octanol–water partition coefficient (Wildman–Crippen LogP) is 3.36. The average Bonchev–Trinajstić information content (AvgIpc) is 3.04. The van der Waals surface area contributed by atoms with Crippen LogP contribution in [0, 0.1) is 28.6 Å². The van der Waals surface area contributed by atoms with Crippen molar-refractivity contribution in [1.82, 2.24) is 9.97 Å². The van der Waals surface area contributed by atoms with Gasteiger partial charge in [-0.15, -0.1) is 0 Å². The first-order valence-electron chi connectivity index (χ1n) is 11.3. The number of Topliss-reactive ketones (excluding diaryl/α,β-unsaturated/α-hetero) is 2. The van der Waals surface area contributed by atoms with Crippen LogP contribution >= 0.6 is 11.8 Å². The van der Waals surface area contributed by atoms with Gasteiger partial charge in [-0.25, -0.2) is 9.97 Å². The molecule has 0 bridgehead atoms. The predicted molar refractivity (Wildman–Crippen MR) is 120 cm³/mol. The molecule has 4 aliphatic rings. The van der Waals surface area contributed by atoms with Crippen molar-refractivity contribution < 1.29 is 19.5 Å². The molecule has 0 spiro atoms. The third-order valence-corrected chi connectivity index (χ3v) is 9.62. The topological polar surface area (TPSA) is 97.2 Å². The number of allylic oxidation sites excluding steroid dienone is 4. The molecule has 0 aromatic carbocycles. The lowest BCUT2D eigenvalue weighted by Crippen LogP contribution is -2.60. The van der Waals surface area contributed by atoms with Gasteiger partial charge in [0.1, 0.15) is 11.4 Å². The van der Waals surface area contributed by atoms with Crippen molar-refractivity contribution in [3.63, 3.8) is 0 Å². The lowest BCUT2D eigenvalue weighted by Gasteiger charge is -2.56. The fraction of sp³-hybridized carbons (Fsp3) is 0.560. The fourth-order valence-electron chi connectivity index (χ4n) is 7.10. The number of ketones is 3. The standard InChI is InChI=1S/C25H28N2O4S/c1-23-8-6-16(28)12-15(23)4-5-17-18-7-9-25(31,24(18,2)13-19(29)21(17)23)20(30)14-32-22-26-10-3-11-27-22/h3,6,8,10-12,17-18,21,31H,4-5,7,9,13-14H2,1-2H3/t17?,18?,21?,23?,24?,25-/m0/s1. The van der Waals surface area contributed by atoms with Gasteiger partial charge in [0.05, 0.1) is 5.75 Å². The van der Waals surface area contributed by atoms with Crippen molar-refractivity contribution in [2.45, 2.75) is 56.7 Å². The van der Waals surface area contributed by atoms with Crippen molar-refractivity contribution in [3.05, 3.63) is 42.3 Å². The third kappa shape index (κ3) is 3.00. The summed E-state index contributed by atoms with van der Waals surface area (Å²) in [6.45, 7) is 4.01. The molecule has 3 fully saturated rings. The molecular formula is C25H28N2O4S. The number of thioether (sulfide) groups is 1. The van der Waals surface area contributed by atoms with Gasteiger partial charge in [0.25, 0.3) is 0 Å². The van der Waals surface area contributed by atoms with E-state index in [2.05, 4.69) is 16.9 Å². The minimum atomic E-state index is -1.52. The molecule has 168 valence electrons. The highest BCUT2D eigenvalue weighted by molar-refractivity contribution is 7.99. The molecule has 7 heteroatoms. The minimum absolute atomic E-state index is 0.00949. The molecule has 0 saturated heterocycles. The van der Waals surface area contributed by atoms with Crippen molar-refractivity contribution in [1.29, 1.82) is 0 Å². The van der Waals surface area contributed by atoms with Crippen LogP contribution in [-0.2, 0) is 14.4 Å². The summed E-state index contributed by atoms with van der Waals surface area (Å²) in [5.41, 5.74) is -1.69. The number of aromatic nitrogens is 2. The SMILES string of the molecule is CC12C=CC(=O)C=C1CCC1C2C(=O)CC2(C)C1CC[C@]2(O)C(=O)CSc1ncccn1. The molecule has 3 saturated carbocycles. The first kappa shape index (κ1) is 21.7. The maximum Gasteiger partial charge on any atom is 0.187 e. The number of hydrogen-bond acceptors (Lipinski definition) is 7. The number of fused-ring (bicyclic) bond motifs is 5. The van der Waals surface area contributed by atoms with Crippen LogP contribution < -0.4 is 0 Å². The number of hydrogen-bond donors (Lipinski definition) is 1. The van der Waals surface area contributed by atoms with Crippen LogP contribution in [-0.4, -0.2) is 43.8 Å². The maximum absolute atomic E-state index is 13.6. The van der Waals surface area contributed by atoms with Gasteiger partial charge in [-0.05, 0) is 55.7 Å². The van der Waals surface area contributed by atoms with Gasteiger partial charge in [0.15, 0.2) is 16.7 Å². The van der Waals surface area contributed by atoms with Crippen LogP contribution in [0.2, 0.25) is 0 Å². The highest BCUT2D eigenvalue weighted by atomic mass is 32.2. The number of aliphatic hydroxyl groups is 1. The van der Waals surface area contributed by atoms with Gasteiger partial charge in [0.2, 0.25) is 0 Å². The van der Waals surface area contributed by atoms with Gasteiger partial charge >= 0.3 is 0 Å². The summed E-state index contributed by atoms with van der Waals surface area (Å²) in [5, 5.41) is 12.2. The molecule has 6 nitrogen and oxygen atoms in total. The number of carbonyl (C=O) groups excluding carboxylic acids is 3. The van der Waals surface area contributed by atoms with Crippen LogP contribution in [0.15, 0.2) is 47.4 Å². The maximum atomic E-state index is 13.6. The summed E-state index contributed by atoms with van der Waals surface area (Å²) < 4.78 is 0. The van der Waals surface area contributed by atoms with Crippen LogP contribution in [0.25, 0.3) is 0 Å². The van der Waals surface area contributed by atoms with E-state index < -0.39 is 16.4 Å². The lowest BCUT2D eigenvalue weighted by atomic mass is 9.46. The number of rotatable bonds is 4. The first-order chi connectivity index (χ1) is 15.2. The normalized spacial score (nSPS) is 40.3. The second kappa shape index (κ2) is 7.45. The molecule has 0 aliphatic heterocycles. The van der Waals surface area contributed by atoms with E-state index in [0.717, 1.165) is 24.8 Å². The minimum Gasteiger partial charge on any atom is -0.381 e. The van der Waals surface area contributed by atoms with Crippen molar-refractivity contribution >= 4 is 29.1 Å². The summed E-state index contributed by atoms with van der Waals surface area (Å²) in [6.07, 6.45) is 11.4. The molecule has 5 rings (SSSR count). The van der Waals surface area contributed by atoms with Gasteiger partial charge in [0, 0.05) is 35.6 Å². The molecule has 1 heterocycles. The smallest absolute Gasteiger partial charge is 0.187 e. The van der Waals surface area contributed by atoms with Gasteiger partial charge in [-0.3, -0.25) is 14.4 Å². The van der Waals surface area contributed by atoms with Gasteiger partial charge < -0.3 is 5.11 Å². The Morgan fingerprint density at radius 1 is 1.22 bits per heavy atom. The Kier molecular flexibility index (Phi) is 5.06. The molecule has 5 unspecified atom stereocenters. The van der Waals surface area contributed by atoms with Crippen LogP contribution in [0.3, 0.4) is 0 Å². The van der Waals surface area contributed by atoms with E-state index in [4.69, 9.17) is 0 Å². The van der Waals surface area contributed by atoms with E-state index in [0.29, 0.717) is 11.6 Å². The summed E-state index contributed by atoms with van der Waals surface area (Å²) in [7, 11) is 0. The molecule has 0 amide bonds. The van der Waals surface area contributed by atoms with E-state index in [9.17, 15) is 19.5 Å². The van der Waals surface area contributed by atoms with Crippen LogP contribution in [0.4, 0.5) is 0 Å². The van der Waals surface area contributed by atoms with Crippen molar-refractivity contribution in [2.75, 3.05) is 5.75 Å². The third-order valence-electron chi connectivity index (χ3n) is 8.74. The Hall–Kier alpha value is -2.12. The van der Waals surface area contributed by atoms with E-state index >= 15 is 0 Å². The molecule has 4 aliphatic carbocycles. The monoisotopic (exact) mass is 452 g/mol. The van der Waals surface area contributed by atoms with E-state index in [1.165, 1.54) is 11.8 Å². The largest absolute Gasteiger partial charge is 0.381 e. The summed E-state index contributed by atoms with van der Waals surface area (Å²) >= 11 is 1.22. The Morgan fingerprint density at radius 2 is 1.97 bits per heavy atom. The highest BCUT2D eigenvalue weighted by Gasteiger charge is 2.68. The van der Waals surface area contributed by atoms with Crippen molar-refractivity contribution in [2.24, 2.45) is 28.6 Å². The lowest BCUT2D eigenvalue weighted by molar-refractivity contribution is -0.165. The number of carbonyl (C=O) groups is 3.